The molecule has 1 aliphatic rings. The van der Waals surface area contributed by atoms with Crippen LogP contribution in [0.2, 0.25) is 0 Å². The minimum absolute atomic E-state index is 0.157. The molecule has 1 aliphatic heterocycles. The number of rotatable bonds is 21. The maximum absolute atomic E-state index is 6.18. The number of aromatic nitrogens is 1. The number of methoxy groups -OCH3 is 5. The van der Waals surface area contributed by atoms with Crippen LogP contribution >= 0.6 is 0 Å². The lowest BCUT2D eigenvalue weighted by molar-refractivity contribution is 0.282. The Morgan fingerprint density at radius 3 is 1.85 bits per heavy atom. The average Bonchev–Trinajstić information content (AvgIpc) is 3.74. The van der Waals surface area contributed by atoms with E-state index in [4.69, 9.17) is 42.7 Å². The Hall–Kier alpha value is -5.84. The molecule has 11 heteroatoms. The molecule has 0 fully saturated rings. The number of unbranched alkanes of at least 4 members (excludes halogenated alkanes) is 7. The van der Waals surface area contributed by atoms with Crippen LogP contribution in [-0.2, 0) is 0 Å². The number of ether oxygens (including phenoxy) is 7. The van der Waals surface area contributed by atoms with Gasteiger partial charge >= 0.3 is 0 Å². The zero-order chi connectivity index (χ0) is 38.4. The van der Waals surface area contributed by atoms with E-state index in [1.807, 2.05) is 79.0 Å². The van der Waals surface area contributed by atoms with Gasteiger partial charge in [-0.05, 0) is 61.4 Å². The lowest BCUT2D eigenvalue weighted by Crippen LogP contribution is -2.34. The van der Waals surface area contributed by atoms with E-state index in [1.54, 1.807) is 35.5 Å². The highest BCUT2D eigenvalue weighted by Crippen LogP contribution is 2.42. The fourth-order valence-corrected chi connectivity index (χ4v) is 6.56. The van der Waals surface area contributed by atoms with Gasteiger partial charge in [-0.3, -0.25) is 4.99 Å². The standard InChI is InChI=1S/C44H51N3O8/c1-48-36-20-18-30(35-28-38(55-47-35)33-26-41(50-3)43(52-5)42(27-33)51-4)24-40(36)54-23-15-11-9-7-6-8-10-14-22-53-37-21-19-31(25-39(37)49-2)44-45-29-32-16-12-13-17-34(32)46-44/h12-13,16-21,24-29,44-45H,6-11,14-15,22-23H2,1-5H3. The van der Waals surface area contributed by atoms with Crippen molar-refractivity contribution in [3.8, 4) is 62.8 Å². The van der Waals surface area contributed by atoms with E-state index >= 15 is 0 Å². The van der Waals surface area contributed by atoms with Gasteiger partial charge in [-0.15, -0.1) is 0 Å². The van der Waals surface area contributed by atoms with E-state index in [9.17, 15) is 0 Å². The molecule has 290 valence electrons. The van der Waals surface area contributed by atoms with E-state index < -0.39 is 0 Å². The van der Waals surface area contributed by atoms with Crippen molar-refractivity contribution in [2.45, 2.75) is 57.5 Å². The van der Waals surface area contributed by atoms with Gasteiger partial charge in [0.25, 0.3) is 0 Å². The monoisotopic (exact) mass is 749 g/mol. The van der Waals surface area contributed by atoms with Crippen LogP contribution < -0.4 is 49.1 Å². The van der Waals surface area contributed by atoms with Gasteiger partial charge < -0.3 is 43.0 Å². The molecule has 11 nitrogen and oxygen atoms in total. The Bertz CT molecular complexity index is 2110. The summed E-state index contributed by atoms with van der Waals surface area (Å²) in [6, 6.07) is 25.4. The fraction of sp³-hybridized carbons (Fsp3) is 0.364. The summed E-state index contributed by atoms with van der Waals surface area (Å²) in [7, 11) is 8.05. The van der Waals surface area contributed by atoms with Gasteiger partial charge in [0, 0.05) is 34.2 Å². The summed E-state index contributed by atoms with van der Waals surface area (Å²) in [6.07, 6.45) is 10.8. The SMILES string of the molecule is COc1cc(C2N=c3ccccc3=CN2)ccc1OCCCCCCCCCCOc1cc(-c2cc(-c3cc(OC)c(OC)c(OC)c3)on2)ccc1OC. The molecular weight excluding hydrogens is 698 g/mol. The molecule has 55 heavy (non-hydrogen) atoms. The minimum atomic E-state index is -0.157. The number of benzene rings is 4. The Balaban J connectivity index is 0.881. The van der Waals surface area contributed by atoms with Gasteiger partial charge in [0.2, 0.25) is 5.75 Å². The third-order valence-corrected chi connectivity index (χ3v) is 9.58. The van der Waals surface area contributed by atoms with Crippen molar-refractivity contribution in [3.63, 3.8) is 0 Å². The molecule has 1 atom stereocenters. The van der Waals surface area contributed by atoms with Crippen molar-refractivity contribution in [2.75, 3.05) is 48.8 Å². The first-order chi connectivity index (χ1) is 27.0. The molecule has 0 radical (unpaired) electrons. The molecule has 1 aromatic heterocycles. The maximum Gasteiger partial charge on any atom is 0.203 e. The second kappa shape index (κ2) is 19.5. The Morgan fingerprint density at radius 1 is 0.564 bits per heavy atom. The topological polar surface area (TPSA) is 115 Å². The number of fused-ring (bicyclic) bond motifs is 1. The van der Waals surface area contributed by atoms with Crippen molar-refractivity contribution >= 4 is 6.20 Å². The Morgan fingerprint density at radius 2 is 1.18 bits per heavy atom. The second-order valence-electron chi connectivity index (χ2n) is 13.2. The molecule has 0 saturated heterocycles. The van der Waals surface area contributed by atoms with Crippen LogP contribution in [0.4, 0.5) is 0 Å². The van der Waals surface area contributed by atoms with Crippen LogP contribution in [0.15, 0.2) is 88.4 Å². The van der Waals surface area contributed by atoms with Crippen LogP contribution in [-0.4, -0.2) is 53.9 Å². The molecule has 6 rings (SSSR count). The van der Waals surface area contributed by atoms with Gasteiger partial charge in [0.15, 0.2) is 40.3 Å². The maximum atomic E-state index is 6.18. The van der Waals surface area contributed by atoms with Crippen molar-refractivity contribution in [1.29, 1.82) is 0 Å². The van der Waals surface area contributed by atoms with Crippen LogP contribution in [0, 0.1) is 0 Å². The highest BCUT2D eigenvalue weighted by molar-refractivity contribution is 5.72. The van der Waals surface area contributed by atoms with Crippen LogP contribution in [0.25, 0.3) is 28.8 Å². The number of para-hydroxylation sites is 1. The summed E-state index contributed by atoms with van der Waals surface area (Å²) < 4.78 is 45.7. The molecule has 0 aliphatic carbocycles. The number of hydrogen-bond donors (Lipinski definition) is 1. The summed E-state index contributed by atoms with van der Waals surface area (Å²) in [5.74, 6) is 4.99. The summed E-state index contributed by atoms with van der Waals surface area (Å²) in [6.45, 7) is 1.27. The lowest BCUT2D eigenvalue weighted by Gasteiger charge is -2.18. The van der Waals surface area contributed by atoms with E-state index in [1.165, 1.54) is 25.7 Å². The van der Waals surface area contributed by atoms with E-state index in [0.717, 1.165) is 64.4 Å². The molecular formula is C44H51N3O8. The molecule has 1 unspecified atom stereocenters. The highest BCUT2D eigenvalue weighted by Gasteiger charge is 2.18. The average molecular weight is 750 g/mol. The minimum Gasteiger partial charge on any atom is -0.493 e. The number of hydrogen-bond acceptors (Lipinski definition) is 11. The van der Waals surface area contributed by atoms with E-state index in [0.29, 0.717) is 53.4 Å². The second-order valence-corrected chi connectivity index (χ2v) is 13.2. The summed E-state index contributed by atoms with van der Waals surface area (Å²) in [4.78, 5) is 4.84. The predicted octanol–water partition coefficient (Wildman–Crippen LogP) is 8.29. The predicted molar refractivity (Wildman–Crippen MR) is 212 cm³/mol. The summed E-state index contributed by atoms with van der Waals surface area (Å²) in [5.41, 5.74) is 3.31. The normalized spacial score (nSPS) is 13.1. The van der Waals surface area contributed by atoms with E-state index in [-0.39, 0.29) is 6.17 Å². The van der Waals surface area contributed by atoms with Crippen LogP contribution in [0.5, 0.6) is 40.2 Å². The van der Waals surface area contributed by atoms with Gasteiger partial charge in [-0.1, -0.05) is 67.9 Å². The number of nitrogens with zero attached hydrogens (tertiary/aromatic N) is 2. The van der Waals surface area contributed by atoms with Crippen molar-refractivity contribution < 1.29 is 37.7 Å². The van der Waals surface area contributed by atoms with Crippen molar-refractivity contribution in [1.82, 2.24) is 10.5 Å². The third kappa shape index (κ3) is 9.83. The first-order valence-electron chi connectivity index (χ1n) is 18.8. The molecule has 0 saturated carbocycles. The molecule has 0 spiro atoms. The van der Waals surface area contributed by atoms with Gasteiger partial charge in [0.05, 0.1) is 54.1 Å². The van der Waals surface area contributed by atoms with Crippen molar-refractivity contribution in [3.05, 3.63) is 95.0 Å². The lowest BCUT2D eigenvalue weighted by atomic mass is 10.1. The molecule has 1 N–H and O–H groups in total. The first kappa shape index (κ1) is 38.9. The quantitative estimate of drug-likeness (QED) is 0.0735. The molecule has 2 heterocycles. The zero-order valence-electron chi connectivity index (χ0n) is 32.4. The summed E-state index contributed by atoms with van der Waals surface area (Å²) in [5, 5.41) is 9.76. The highest BCUT2D eigenvalue weighted by atomic mass is 16.5. The van der Waals surface area contributed by atoms with Gasteiger partial charge in [-0.2, -0.15) is 0 Å². The number of nitrogens with one attached hydrogen (secondary N) is 1. The summed E-state index contributed by atoms with van der Waals surface area (Å²) >= 11 is 0. The van der Waals surface area contributed by atoms with Gasteiger partial charge in [-0.25, -0.2) is 0 Å². The van der Waals surface area contributed by atoms with Crippen LogP contribution in [0.1, 0.15) is 63.1 Å². The van der Waals surface area contributed by atoms with Crippen molar-refractivity contribution in [2.24, 2.45) is 4.99 Å². The van der Waals surface area contributed by atoms with Crippen LogP contribution in [0.3, 0.4) is 0 Å². The third-order valence-electron chi connectivity index (χ3n) is 9.58. The molecule has 4 aromatic carbocycles. The Labute approximate surface area is 322 Å². The molecule has 0 amide bonds. The smallest absolute Gasteiger partial charge is 0.203 e. The van der Waals surface area contributed by atoms with E-state index in [2.05, 4.69) is 16.5 Å². The molecule has 0 bridgehead atoms. The molecule has 5 aromatic rings. The van der Waals surface area contributed by atoms with Gasteiger partial charge in [0.1, 0.15) is 11.9 Å². The first-order valence-corrected chi connectivity index (χ1v) is 18.8. The fourth-order valence-electron chi connectivity index (χ4n) is 6.56. The largest absolute Gasteiger partial charge is 0.493 e. The zero-order valence-corrected chi connectivity index (χ0v) is 32.4. The Kier molecular flexibility index (Phi) is 13.8.